The molecule has 2 aliphatic carbocycles. The number of hydrogen-bond donors (Lipinski definition) is 0. The van der Waals surface area contributed by atoms with Gasteiger partial charge in [-0.15, -0.1) is 0 Å². The van der Waals surface area contributed by atoms with Crippen molar-refractivity contribution in [2.45, 2.75) is 24.2 Å². The molecule has 4 aromatic carbocycles. The fraction of sp³-hybridized carbons (Fsp3) is 0.100. The summed E-state index contributed by atoms with van der Waals surface area (Å²) in [7, 11) is -2.28. The van der Waals surface area contributed by atoms with Crippen molar-refractivity contribution < 1.29 is 8.83 Å². The molecule has 0 radical (unpaired) electrons. The van der Waals surface area contributed by atoms with Crippen LogP contribution in [0.5, 0.6) is 0 Å². The van der Waals surface area contributed by atoms with Gasteiger partial charge < -0.3 is 8.83 Å². The normalized spacial score (nSPS) is 17.3. The zero-order chi connectivity index (χ0) is 29.0. The largest absolute Gasteiger partial charge is 0.464 e. The van der Waals surface area contributed by atoms with E-state index in [2.05, 4.69) is 147 Å². The molecule has 0 aliphatic heterocycles. The Labute approximate surface area is 253 Å². The average molecular weight is 573 g/mol. The van der Waals surface area contributed by atoms with Crippen LogP contribution < -0.4 is 0 Å². The monoisotopic (exact) mass is 572 g/mol. The minimum Gasteiger partial charge on any atom is -0.464 e. The lowest BCUT2D eigenvalue weighted by Gasteiger charge is -2.39. The number of allylic oxidation sites excluding steroid dienone is 2. The fourth-order valence-corrected chi connectivity index (χ4v) is 12.1. The van der Waals surface area contributed by atoms with Gasteiger partial charge in [0.05, 0.1) is 20.6 Å². The Morgan fingerprint density at radius 3 is 1.30 bits per heavy atom. The highest BCUT2D eigenvalue weighted by atomic mass is 28.3. The topological polar surface area (TPSA) is 26.3 Å². The van der Waals surface area contributed by atoms with Crippen LogP contribution in [0.4, 0.5) is 0 Å². The lowest BCUT2D eigenvalue weighted by molar-refractivity contribution is 0.551. The van der Waals surface area contributed by atoms with Gasteiger partial charge in [0.1, 0.15) is 11.5 Å². The molecule has 2 nitrogen and oxygen atoms in total. The van der Waals surface area contributed by atoms with E-state index in [1.165, 1.54) is 44.5 Å². The van der Waals surface area contributed by atoms with Crippen molar-refractivity contribution in [2.24, 2.45) is 0 Å². The van der Waals surface area contributed by atoms with E-state index in [0.717, 1.165) is 22.6 Å². The van der Waals surface area contributed by atoms with E-state index in [1.54, 1.807) is 0 Å². The lowest BCUT2D eigenvalue weighted by Crippen LogP contribution is -2.42. The van der Waals surface area contributed by atoms with Gasteiger partial charge in [-0.25, -0.2) is 0 Å². The number of benzene rings is 4. The molecule has 8 rings (SSSR count). The molecule has 2 aromatic heterocycles. The summed E-state index contributed by atoms with van der Waals surface area (Å²) in [5.74, 6) is 1.96. The number of hydrogen-bond acceptors (Lipinski definition) is 2. The maximum Gasteiger partial charge on any atom is 0.137 e. The Hall–Kier alpha value is -4.86. The molecule has 0 fully saturated rings. The van der Waals surface area contributed by atoms with Gasteiger partial charge in [-0.2, -0.15) is 0 Å². The van der Waals surface area contributed by atoms with Crippen LogP contribution in [-0.4, -0.2) is 8.07 Å². The summed E-state index contributed by atoms with van der Waals surface area (Å²) in [5.41, 5.74) is 13.1. The molecule has 2 heterocycles. The Kier molecular flexibility index (Phi) is 6.09. The molecule has 2 atom stereocenters. The summed E-state index contributed by atoms with van der Waals surface area (Å²) in [6.07, 6.45) is 8.45. The van der Waals surface area contributed by atoms with E-state index < -0.39 is 8.07 Å². The highest BCUT2D eigenvalue weighted by Crippen LogP contribution is 2.58. The molecule has 43 heavy (non-hydrogen) atoms. The molecule has 3 heteroatoms. The molecule has 6 aromatic rings. The predicted octanol–water partition coefficient (Wildman–Crippen LogP) is 11.0. The van der Waals surface area contributed by atoms with E-state index in [1.807, 2.05) is 12.5 Å². The van der Waals surface area contributed by atoms with Crippen LogP contribution in [0.15, 0.2) is 143 Å². The van der Waals surface area contributed by atoms with E-state index in [-0.39, 0.29) is 11.1 Å². The SMILES string of the molecule is C[Si](C)(C1C(c2occc2-c2ccccc2)=Cc2ccccc21)C1C(c2occc2-c2ccccc2)=Cc2ccccc21. The van der Waals surface area contributed by atoms with Crippen LogP contribution in [-0.2, 0) is 0 Å². The van der Waals surface area contributed by atoms with Crippen LogP contribution >= 0.6 is 0 Å². The van der Waals surface area contributed by atoms with E-state index in [0.29, 0.717) is 0 Å². The quantitative estimate of drug-likeness (QED) is 0.186. The maximum absolute atomic E-state index is 6.39. The smallest absolute Gasteiger partial charge is 0.137 e. The molecule has 0 N–H and O–H groups in total. The molecular weight excluding hydrogens is 541 g/mol. The Balaban J connectivity index is 1.30. The Bertz CT molecular complexity index is 1860. The number of fused-ring (bicyclic) bond motifs is 2. The first-order chi connectivity index (χ1) is 21.1. The van der Waals surface area contributed by atoms with Crippen molar-refractivity contribution in [3.05, 3.63) is 168 Å². The van der Waals surface area contributed by atoms with Gasteiger partial charge in [0.2, 0.25) is 0 Å². The minimum atomic E-state index is -2.28. The highest BCUT2D eigenvalue weighted by molar-refractivity contribution is 6.84. The molecule has 2 unspecified atom stereocenters. The standard InChI is InChI=1S/C40H32O2Si/c1-43(2,39-33-19-11-9-17-29(33)25-35(39)37-31(21-23-41-37)27-13-5-3-6-14-27)40-34-20-12-10-18-30(34)26-36(40)38-32(22-24-42-38)28-15-7-4-8-16-28/h3-26,39-40H,1-2H3. The van der Waals surface area contributed by atoms with Gasteiger partial charge in [-0.05, 0) is 57.7 Å². The first-order valence-corrected chi connectivity index (χ1v) is 18.1. The van der Waals surface area contributed by atoms with Crippen LogP contribution in [0, 0.1) is 0 Å². The van der Waals surface area contributed by atoms with Crippen molar-refractivity contribution in [1.29, 1.82) is 0 Å². The summed E-state index contributed by atoms with van der Waals surface area (Å²) < 4.78 is 12.8. The molecule has 0 amide bonds. The highest BCUT2D eigenvalue weighted by Gasteiger charge is 2.50. The first kappa shape index (κ1) is 25.8. The second-order valence-corrected chi connectivity index (χ2v) is 17.0. The third kappa shape index (κ3) is 4.15. The van der Waals surface area contributed by atoms with Crippen molar-refractivity contribution in [2.75, 3.05) is 0 Å². The van der Waals surface area contributed by atoms with Crippen molar-refractivity contribution in [3.8, 4) is 22.3 Å². The second kappa shape index (κ2) is 10.1. The van der Waals surface area contributed by atoms with Gasteiger partial charge >= 0.3 is 0 Å². The maximum atomic E-state index is 6.39. The Morgan fingerprint density at radius 2 is 0.860 bits per heavy atom. The van der Waals surface area contributed by atoms with Crippen molar-refractivity contribution in [1.82, 2.24) is 0 Å². The number of rotatable bonds is 6. The van der Waals surface area contributed by atoms with Crippen molar-refractivity contribution >= 4 is 31.4 Å². The van der Waals surface area contributed by atoms with Crippen LogP contribution in [0.1, 0.15) is 44.9 Å². The Morgan fingerprint density at radius 1 is 0.465 bits per heavy atom. The van der Waals surface area contributed by atoms with E-state index >= 15 is 0 Å². The summed E-state index contributed by atoms with van der Waals surface area (Å²) >= 11 is 0. The third-order valence-corrected chi connectivity index (χ3v) is 13.6. The summed E-state index contributed by atoms with van der Waals surface area (Å²) in [5, 5.41) is 0. The van der Waals surface area contributed by atoms with Gasteiger partial charge in [0, 0.05) is 33.4 Å². The average Bonchev–Trinajstić information content (AvgIpc) is 3.85. The number of furan rings is 2. The van der Waals surface area contributed by atoms with Crippen LogP contribution in [0.25, 0.3) is 45.6 Å². The van der Waals surface area contributed by atoms with Gasteiger partial charge in [-0.1, -0.05) is 122 Å². The summed E-state index contributed by atoms with van der Waals surface area (Å²) in [6, 6.07) is 43.3. The molecule has 0 saturated carbocycles. The summed E-state index contributed by atoms with van der Waals surface area (Å²) in [4.78, 5) is 0. The lowest BCUT2D eigenvalue weighted by atomic mass is 10.00. The van der Waals surface area contributed by atoms with Crippen LogP contribution in [0.2, 0.25) is 13.1 Å². The second-order valence-electron chi connectivity index (χ2n) is 12.2. The van der Waals surface area contributed by atoms with Gasteiger partial charge in [0.15, 0.2) is 0 Å². The molecule has 208 valence electrons. The zero-order valence-corrected chi connectivity index (χ0v) is 25.3. The first-order valence-electron chi connectivity index (χ1n) is 15.0. The van der Waals surface area contributed by atoms with E-state index in [4.69, 9.17) is 8.83 Å². The van der Waals surface area contributed by atoms with Crippen molar-refractivity contribution in [3.63, 3.8) is 0 Å². The zero-order valence-electron chi connectivity index (χ0n) is 24.3. The summed E-state index contributed by atoms with van der Waals surface area (Å²) in [6.45, 7) is 5.12. The third-order valence-electron chi connectivity index (χ3n) is 9.37. The van der Waals surface area contributed by atoms with Gasteiger partial charge in [0.25, 0.3) is 0 Å². The van der Waals surface area contributed by atoms with Crippen LogP contribution in [0.3, 0.4) is 0 Å². The fourth-order valence-electron chi connectivity index (χ4n) is 7.57. The predicted molar refractivity (Wildman–Crippen MR) is 180 cm³/mol. The molecule has 0 saturated heterocycles. The van der Waals surface area contributed by atoms with E-state index in [9.17, 15) is 0 Å². The molecular formula is C40H32O2Si. The molecule has 0 bridgehead atoms. The minimum absolute atomic E-state index is 0.229. The molecule has 0 spiro atoms. The van der Waals surface area contributed by atoms with Gasteiger partial charge in [-0.3, -0.25) is 0 Å². The molecule has 2 aliphatic rings.